The van der Waals surface area contributed by atoms with Crippen molar-refractivity contribution in [3.8, 4) is 11.5 Å². The van der Waals surface area contributed by atoms with E-state index in [4.69, 9.17) is 9.47 Å². The van der Waals surface area contributed by atoms with Crippen LogP contribution in [0.1, 0.15) is 10.4 Å². The minimum atomic E-state index is -0.0468. The molecule has 0 N–H and O–H groups in total. The van der Waals surface area contributed by atoms with E-state index >= 15 is 0 Å². The maximum Gasteiger partial charge on any atom is 2.00 e. The molecule has 3 nitrogen and oxygen atoms in total. The van der Waals surface area contributed by atoms with Gasteiger partial charge in [-0.05, 0) is 82.1 Å². The summed E-state index contributed by atoms with van der Waals surface area (Å²) < 4.78 is 10.4. The summed E-state index contributed by atoms with van der Waals surface area (Å²) in [6, 6.07) is 5.21. The van der Waals surface area contributed by atoms with E-state index in [2.05, 4.69) is 0 Å². The van der Waals surface area contributed by atoms with Gasteiger partial charge in [0.25, 0.3) is 0 Å². The van der Waals surface area contributed by atoms with Crippen LogP contribution in [0.5, 0.6) is 11.5 Å². The van der Waals surface area contributed by atoms with Gasteiger partial charge in [-0.2, -0.15) is 0 Å². The van der Waals surface area contributed by atoms with E-state index in [1.807, 2.05) is 57.8 Å². The predicted octanol–water partition coefficient (Wildman–Crippen LogP) is 3.58. The first-order valence-electron chi connectivity index (χ1n) is 7.33. The molecular weight excluding hydrogens is 344 g/mol. The molecule has 1 aromatic carbocycles. The van der Waals surface area contributed by atoms with E-state index < -0.39 is 0 Å². The molecule has 2 aliphatic carbocycles. The molecule has 2 fully saturated rings. The predicted molar refractivity (Wildman–Crippen MR) is 88.0 cm³/mol. The second kappa shape index (κ2) is 9.90. The average Bonchev–Trinajstić information content (AvgIpc) is 3.36. The molecule has 120 valence electrons. The maximum absolute atomic E-state index is 12.0. The van der Waals surface area contributed by atoms with Crippen molar-refractivity contribution in [1.29, 1.82) is 0 Å². The zero-order chi connectivity index (χ0) is 15.9. The number of carbonyl (C=O) groups is 1. The number of hydrogen-bond acceptors (Lipinski definition) is 3. The number of rotatable bonds is 3. The van der Waals surface area contributed by atoms with Crippen LogP contribution in [0.25, 0.3) is 0 Å². The summed E-state index contributed by atoms with van der Waals surface area (Å²) in [4.78, 5) is 12.0. The molecule has 0 saturated heterocycles. The SMILES string of the molecule is O=C(/C=C/[C]1[CH][CH][CH][CH]1)c1ccc2c(c1)OCO2.[CH]1[CH][CH][CH][CH]1.[Fe+2]. The largest absolute Gasteiger partial charge is 2.00 e. The van der Waals surface area contributed by atoms with Gasteiger partial charge >= 0.3 is 17.1 Å². The maximum atomic E-state index is 12.0. The minimum Gasteiger partial charge on any atom is -0.454 e. The summed E-state index contributed by atoms with van der Waals surface area (Å²) >= 11 is 0. The van der Waals surface area contributed by atoms with Crippen molar-refractivity contribution in [1.82, 2.24) is 0 Å². The fourth-order valence-electron chi connectivity index (χ4n) is 2.14. The Labute approximate surface area is 155 Å². The molecule has 0 amide bonds. The van der Waals surface area contributed by atoms with Crippen molar-refractivity contribution in [2.45, 2.75) is 0 Å². The monoisotopic (exact) mass is 360 g/mol. The van der Waals surface area contributed by atoms with Gasteiger partial charge in [0.05, 0.1) is 0 Å². The first kappa shape index (κ1) is 19.1. The number of ketones is 1. The summed E-state index contributed by atoms with van der Waals surface area (Å²) in [5.74, 6) is 2.28. The molecule has 0 spiro atoms. The summed E-state index contributed by atoms with van der Waals surface area (Å²) in [7, 11) is 0. The molecule has 4 rings (SSSR count). The van der Waals surface area contributed by atoms with Gasteiger partial charge in [0.15, 0.2) is 17.3 Å². The molecule has 0 atom stereocenters. The second-order valence-corrected chi connectivity index (χ2v) is 4.95. The molecular formula is C20H16FeO3+2. The molecule has 2 saturated carbocycles. The summed E-state index contributed by atoms with van der Waals surface area (Å²) in [5, 5.41) is 0. The van der Waals surface area contributed by atoms with Crippen molar-refractivity contribution in [3.05, 3.63) is 99.6 Å². The topological polar surface area (TPSA) is 35.5 Å². The zero-order valence-corrected chi connectivity index (χ0v) is 14.0. The van der Waals surface area contributed by atoms with E-state index in [1.165, 1.54) is 0 Å². The average molecular weight is 360 g/mol. The first-order chi connectivity index (χ1) is 11.3. The van der Waals surface area contributed by atoms with Gasteiger partial charge in [0, 0.05) is 11.5 Å². The summed E-state index contributed by atoms with van der Waals surface area (Å²) in [5.41, 5.74) is 0.599. The number of hydrogen-bond donors (Lipinski definition) is 0. The molecule has 0 unspecified atom stereocenters. The summed E-state index contributed by atoms with van der Waals surface area (Å²) in [6.07, 6.45) is 21.1. The Morgan fingerprint density at radius 1 is 0.875 bits per heavy atom. The quantitative estimate of drug-likeness (QED) is 0.470. The molecule has 3 aliphatic rings. The number of carbonyl (C=O) groups excluding carboxylic acids is 1. The van der Waals surface area contributed by atoms with Crippen LogP contribution in [0, 0.1) is 63.7 Å². The van der Waals surface area contributed by atoms with Gasteiger partial charge in [-0.15, -0.1) is 0 Å². The van der Waals surface area contributed by atoms with Crippen LogP contribution >= 0.6 is 0 Å². The van der Waals surface area contributed by atoms with Crippen LogP contribution in [0.15, 0.2) is 30.4 Å². The normalized spacial score (nSPS) is 19.0. The molecule has 1 aromatic rings. The van der Waals surface area contributed by atoms with Crippen molar-refractivity contribution in [2.24, 2.45) is 0 Å². The van der Waals surface area contributed by atoms with Crippen molar-refractivity contribution in [3.63, 3.8) is 0 Å². The van der Waals surface area contributed by atoms with E-state index in [1.54, 1.807) is 30.4 Å². The third-order valence-corrected chi connectivity index (χ3v) is 3.33. The Kier molecular flexibility index (Phi) is 7.87. The Morgan fingerprint density at radius 3 is 2.17 bits per heavy atom. The third kappa shape index (κ3) is 5.39. The Balaban J connectivity index is 0.000000300. The van der Waals surface area contributed by atoms with Gasteiger partial charge in [-0.3, -0.25) is 4.79 Å². The van der Waals surface area contributed by atoms with Gasteiger partial charge in [0.2, 0.25) is 6.79 Å². The fraction of sp³-hybridized carbons (Fsp3) is 0.0500. The smallest absolute Gasteiger partial charge is 0.454 e. The molecule has 0 bridgehead atoms. The van der Waals surface area contributed by atoms with E-state index in [0.29, 0.717) is 17.1 Å². The molecule has 24 heavy (non-hydrogen) atoms. The van der Waals surface area contributed by atoms with Crippen molar-refractivity contribution < 1.29 is 31.3 Å². The van der Waals surface area contributed by atoms with Gasteiger partial charge in [0.1, 0.15) is 0 Å². The molecule has 1 heterocycles. The van der Waals surface area contributed by atoms with Crippen molar-refractivity contribution in [2.75, 3.05) is 6.79 Å². The Morgan fingerprint density at radius 2 is 1.50 bits per heavy atom. The van der Waals surface area contributed by atoms with E-state index in [0.717, 1.165) is 5.92 Å². The molecule has 1 aliphatic heterocycles. The Bertz CT molecular complexity index is 550. The fourth-order valence-corrected chi connectivity index (χ4v) is 2.14. The van der Waals surface area contributed by atoms with Crippen LogP contribution in [-0.4, -0.2) is 12.6 Å². The minimum absolute atomic E-state index is 0. The summed E-state index contributed by atoms with van der Waals surface area (Å²) in [6.45, 7) is 0.219. The number of fused-ring (bicyclic) bond motifs is 1. The van der Waals surface area contributed by atoms with Gasteiger partial charge in [-0.25, -0.2) is 0 Å². The second-order valence-electron chi connectivity index (χ2n) is 4.95. The number of benzene rings is 1. The third-order valence-electron chi connectivity index (χ3n) is 3.33. The van der Waals surface area contributed by atoms with Gasteiger partial charge < -0.3 is 9.47 Å². The Hall–Kier alpha value is -1.25. The molecule has 10 radical (unpaired) electrons. The number of allylic oxidation sites excluding steroid dienone is 2. The number of ether oxygens (including phenoxy) is 2. The van der Waals surface area contributed by atoms with Crippen LogP contribution in [0.2, 0.25) is 0 Å². The molecule has 4 heteroatoms. The standard InChI is InChI=1S/C15H11O3.C5H5.Fe/c16-13(7-5-11-3-1-2-4-11)12-6-8-14-15(9-12)18-10-17-14;1-2-4-5-3-1;/h1-9H,10H2;1-5H;/q;;+2/b7-5+;;. The van der Waals surface area contributed by atoms with Crippen LogP contribution in [0.4, 0.5) is 0 Å². The van der Waals surface area contributed by atoms with Gasteiger partial charge in [-0.1, -0.05) is 6.08 Å². The first-order valence-corrected chi connectivity index (χ1v) is 7.33. The van der Waals surface area contributed by atoms with E-state index in [9.17, 15) is 4.79 Å². The van der Waals surface area contributed by atoms with Crippen molar-refractivity contribution >= 4 is 5.78 Å². The molecule has 0 aromatic heterocycles. The van der Waals surface area contributed by atoms with Crippen LogP contribution in [-0.2, 0) is 17.1 Å². The van der Waals surface area contributed by atoms with Crippen LogP contribution in [0.3, 0.4) is 0 Å². The zero-order valence-electron chi connectivity index (χ0n) is 12.9. The van der Waals surface area contributed by atoms with E-state index in [-0.39, 0.29) is 29.6 Å². The van der Waals surface area contributed by atoms with Crippen LogP contribution < -0.4 is 9.47 Å².